The zero-order valence-corrected chi connectivity index (χ0v) is 12.8. The topological polar surface area (TPSA) is 84.0 Å². The Balaban J connectivity index is 1.17. The van der Waals surface area contributed by atoms with Crippen LogP contribution in [-0.2, 0) is 18.9 Å². The van der Waals surface area contributed by atoms with Crippen molar-refractivity contribution < 1.29 is 29.2 Å². The second-order valence-electron chi connectivity index (χ2n) is 7.04. The molecule has 6 heteroatoms. The molecule has 0 radical (unpaired) electrons. The molecule has 4 heterocycles. The van der Waals surface area contributed by atoms with E-state index in [2.05, 4.69) is 0 Å². The lowest BCUT2D eigenvalue weighted by Crippen LogP contribution is -2.32. The summed E-state index contributed by atoms with van der Waals surface area (Å²) in [5.74, 6) is 0. The van der Waals surface area contributed by atoms with Gasteiger partial charge in [0.2, 0.25) is 0 Å². The van der Waals surface area contributed by atoms with Gasteiger partial charge in [-0.15, -0.1) is 0 Å². The Morgan fingerprint density at radius 1 is 0.682 bits per heavy atom. The van der Waals surface area contributed by atoms with E-state index in [1.807, 2.05) is 0 Å². The van der Waals surface area contributed by atoms with Crippen LogP contribution >= 0.6 is 0 Å². The molecular weight excluding hydrogens is 288 g/mol. The van der Waals surface area contributed by atoms with E-state index in [1.54, 1.807) is 0 Å². The van der Waals surface area contributed by atoms with Crippen molar-refractivity contribution in [3.63, 3.8) is 0 Å². The van der Waals surface area contributed by atoms with Crippen molar-refractivity contribution >= 4 is 0 Å². The minimum absolute atomic E-state index is 0.112. The van der Waals surface area contributed by atoms with E-state index in [4.69, 9.17) is 18.9 Å². The highest BCUT2D eigenvalue weighted by Gasteiger charge is 2.42. The van der Waals surface area contributed by atoms with Gasteiger partial charge in [0, 0.05) is 0 Å². The van der Waals surface area contributed by atoms with E-state index in [0.29, 0.717) is 12.8 Å². The van der Waals surface area contributed by atoms with Gasteiger partial charge in [-0.3, -0.25) is 0 Å². The lowest BCUT2D eigenvalue weighted by Gasteiger charge is -2.23. The van der Waals surface area contributed by atoms with Gasteiger partial charge in [-0.1, -0.05) is 0 Å². The van der Waals surface area contributed by atoms with Crippen LogP contribution < -0.4 is 0 Å². The first-order valence-electron chi connectivity index (χ1n) is 8.61. The first-order valence-corrected chi connectivity index (χ1v) is 8.61. The minimum atomic E-state index is -0.512. The molecule has 6 nitrogen and oxygen atoms in total. The molecule has 0 saturated carbocycles. The second kappa shape index (κ2) is 6.34. The van der Waals surface area contributed by atoms with Crippen molar-refractivity contribution in [2.24, 2.45) is 0 Å². The molecular formula is C16H26O6. The standard InChI is InChI=1S/C16H26O6/c17-9(11-3-5-13(21-11)15-7-19-15)1-2-10(18)12-4-6-14(22-12)16-8-20-16/h9-18H,1-8H2/t9-,10-,11-,12-,13+,14+,15-,16-/m0/s1. The summed E-state index contributed by atoms with van der Waals surface area (Å²) in [5.41, 5.74) is 0. The van der Waals surface area contributed by atoms with Crippen LogP contribution in [0.15, 0.2) is 0 Å². The molecule has 4 aliphatic heterocycles. The summed E-state index contributed by atoms with van der Waals surface area (Å²) in [5, 5.41) is 20.5. The van der Waals surface area contributed by atoms with E-state index in [-0.39, 0.29) is 36.6 Å². The molecule has 0 aliphatic carbocycles. The third kappa shape index (κ3) is 3.47. The van der Waals surface area contributed by atoms with Crippen LogP contribution in [0.25, 0.3) is 0 Å². The second-order valence-corrected chi connectivity index (χ2v) is 7.04. The highest BCUT2D eigenvalue weighted by atomic mass is 16.6. The van der Waals surface area contributed by atoms with E-state index < -0.39 is 12.2 Å². The fourth-order valence-electron chi connectivity index (χ4n) is 3.75. The smallest absolute Gasteiger partial charge is 0.107 e. The van der Waals surface area contributed by atoms with Gasteiger partial charge in [0.1, 0.15) is 12.2 Å². The maximum absolute atomic E-state index is 10.3. The molecule has 0 aromatic rings. The number of hydrogen-bond donors (Lipinski definition) is 2. The number of hydrogen-bond acceptors (Lipinski definition) is 6. The molecule has 126 valence electrons. The summed E-state index contributed by atoms with van der Waals surface area (Å²) in [6.07, 6.45) is 4.33. The van der Waals surface area contributed by atoms with Crippen molar-refractivity contribution in [3.05, 3.63) is 0 Å². The van der Waals surface area contributed by atoms with Crippen LogP contribution in [0.5, 0.6) is 0 Å². The lowest BCUT2D eigenvalue weighted by molar-refractivity contribution is -0.0649. The minimum Gasteiger partial charge on any atom is -0.390 e. The number of rotatable bonds is 7. The van der Waals surface area contributed by atoms with Crippen molar-refractivity contribution in [3.8, 4) is 0 Å². The molecule has 4 saturated heterocycles. The fraction of sp³-hybridized carbons (Fsp3) is 1.00. The van der Waals surface area contributed by atoms with Gasteiger partial charge >= 0.3 is 0 Å². The summed E-state index contributed by atoms with van der Waals surface area (Å²) in [6.45, 7) is 1.58. The van der Waals surface area contributed by atoms with Crippen LogP contribution in [0, 0.1) is 0 Å². The Morgan fingerprint density at radius 2 is 1.09 bits per heavy atom. The third-order valence-electron chi connectivity index (χ3n) is 5.33. The van der Waals surface area contributed by atoms with E-state index in [0.717, 1.165) is 38.9 Å². The molecule has 0 spiro atoms. The van der Waals surface area contributed by atoms with Gasteiger partial charge in [-0.2, -0.15) is 0 Å². The van der Waals surface area contributed by atoms with Crippen molar-refractivity contribution in [1.29, 1.82) is 0 Å². The number of ether oxygens (including phenoxy) is 4. The summed E-state index contributed by atoms with van der Waals surface area (Å²) >= 11 is 0. The summed E-state index contributed by atoms with van der Waals surface area (Å²) in [6, 6.07) is 0. The monoisotopic (exact) mass is 314 g/mol. The van der Waals surface area contributed by atoms with Gasteiger partial charge in [-0.25, -0.2) is 0 Å². The molecule has 0 bridgehead atoms. The quantitative estimate of drug-likeness (QED) is 0.661. The molecule has 0 amide bonds. The average Bonchev–Trinajstić information content (AvgIpc) is 3.46. The predicted molar refractivity (Wildman–Crippen MR) is 76.5 cm³/mol. The Morgan fingerprint density at radius 3 is 1.45 bits per heavy atom. The van der Waals surface area contributed by atoms with Gasteiger partial charge in [0.05, 0.1) is 49.8 Å². The Labute approximate surface area is 130 Å². The van der Waals surface area contributed by atoms with Crippen LogP contribution in [0.4, 0.5) is 0 Å². The van der Waals surface area contributed by atoms with Crippen molar-refractivity contribution in [2.75, 3.05) is 13.2 Å². The van der Waals surface area contributed by atoms with Crippen LogP contribution in [-0.4, -0.2) is 72.3 Å². The zero-order valence-electron chi connectivity index (χ0n) is 12.8. The maximum Gasteiger partial charge on any atom is 0.107 e. The zero-order chi connectivity index (χ0) is 15.1. The SMILES string of the molecule is O[C@@H](CC[C@H](O)[C@@H]1CC[C@H]([C@@H]2CO2)O1)[C@@H]1CC[C@H]([C@@H]2CO2)O1. The molecule has 4 aliphatic rings. The first kappa shape index (κ1) is 15.3. The van der Waals surface area contributed by atoms with Crippen molar-refractivity contribution in [2.45, 2.75) is 87.4 Å². The molecule has 0 unspecified atom stereocenters. The number of epoxide rings is 2. The Bertz CT molecular complexity index is 347. The fourth-order valence-corrected chi connectivity index (χ4v) is 3.75. The van der Waals surface area contributed by atoms with E-state index in [1.165, 1.54) is 0 Å². The lowest BCUT2D eigenvalue weighted by atomic mass is 9.99. The van der Waals surface area contributed by atoms with Crippen LogP contribution in [0.3, 0.4) is 0 Å². The summed E-state index contributed by atoms with van der Waals surface area (Å²) in [4.78, 5) is 0. The highest BCUT2D eigenvalue weighted by Crippen LogP contribution is 2.33. The molecule has 0 aromatic heterocycles. The largest absolute Gasteiger partial charge is 0.390 e. The summed E-state index contributed by atoms with van der Waals surface area (Å²) in [7, 11) is 0. The van der Waals surface area contributed by atoms with Crippen LogP contribution in [0.1, 0.15) is 38.5 Å². The van der Waals surface area contributed by atoms with Gasteiger partial charge in [0.25, 0.3) is 0 Å². The molecule has 2 N–H and O–H groups in total. The molecule has 0 aromatic carbocycles. The number of aliphatic hydroxyl groups excluding tert-OH is 2. The molecule has 4 rings (SSSR count). The Hall–Kier alpha value is -0.240. The van der Waals surface area contributed by atoms with Crippen molar-refractivity contribution in [1.82, 2.24) is 0 Å². The van der Waals surface area contributed by atoms with E-state index in [9.17, 15) is 10.2 Å². The summed E-state index contributed by atoms with van der Waals surface area (Å²) < 4.78 is 22.2. The molecule has 4 fully saturated rings. The van der Waals surface area contributed by atoms with Gasteiger partial charge < -0.3 is 29.2 Å². The van der Waals surface area contributed by atoms with Crippen LogP contribution in [0.2, 0.25) is 0 Å². The number of aliphatic hydroxyl groups is 2. The first-order chi connectivity index (χ1) is 10.7. The normalized spacial score (nSPS) is 46.6. The van der Waals surface area contributed by atoms with E-state index >= 15 is 0 Å². The highest BCUT2D eigenvalue weighted by molar-refractivity contribution is 4.90. The third-order valence-corrected chi connectivity index (χ3v) is 5.33. The average molecular weight is 314 g/mol. The Kier molecular flexibility index (Phi) is 4.41. The van der Waals surface area contributed by atoms with Gasteiger partial charge in [-0.05, 0) is 38.5 Å². The maximum atomic E-state index is 10.3. The predicted octanol–water partition coefficient (Wildman–Crippen LogP) is 0.381. The molecule has 22 heavy (non-hydrogen) atoms. The van der Waals surface area contributed by atoms with Gasteiger partial charge in [0.15, 0.2) is 0 Å². The molecule has 8 atom stereocenters.